The lowest BCUT2D eigenvalue weighted by atomic mass is 10.0. The zero-order chi connectivity index (χ0) is 29.9. The molecule has 0 radical (unpaired) electrons. The van der Waals surface area contributed by atoms with Crippen molar-refractivity contribution in [2.24, 2.45) is 11.5 Å². The number of carboxylic acid groups (broad SMARTS) is 1. The number of imidazole rings is 1. The number of hydrogen-bond acceptors (Lipinski definition) is 8. The first kappa shape index (κ1) is 31.2. The first-order chi connectivity index (χ1) is 19.6. The average Bonchev–Trinajstić information content (AvgIpc) is 3.59. The number of carbonyl (C=O) groups is 5. The molecule has 4 atom stereocenters. The summed E-state index contributed by atoms with van der Waals surface area (Å²) in [7, 11) is 0. The predicted octanol–water partition coefficient (Wildman–Crippen LogP) is -0.829. The van der Waals surface area contributed by atoms with Crippen LogP contribution in [0.25, 0.3) is 10.9 Å². The van der Waals surface area contributed by atoms with Crippen LogP contribution < -0.4 is 27.4 Å². The van der Waals surface area contributed by atoms with Crippen LogP contribution in [0, 0.1) is 0 Å². The Labute approximate surface area is 239 Å². The van der Waals surface area contributed by atoms with Crippen molar-refractivity contribution in [2.45, 2.75) is 49.9 Å². The van der Waals surface area contributed by atoms with Gasteiger partial charge in [-0.05, 0) is 30.1 Å². The van der Waals surface area contributed by atoms with Crippen molar-refractivity contribution in [1.82, 2.24) is 30.9 Å². The van der Waals surface area contributed by atoms with Gasteiger partial charge in [-0.15, -0.1) is 0 Å². The van der Waals surface area contributed by atoms with E-state index >= 15 is 0 Å². The highest BCUT2D eigenvalue weighted by atomic mass is 32.2. The molecular weight excluding hydrogens is 552 g/mol. The summed E-state index contributed by atoms with van der Waals surface area (Å²) in [5.41, 5.74) is 13.4. The van der Waals surface area contributed by atoms with Crippen LogP contribution in [0.15, 0.2) is 43.0 Å². The fraction of sp³-hybridized carbons (Fsp3) is 0.385. The zero-order valence-electron chi connectivity index (χ0n) is 22.4. The normalized spacial score (nSPS) is 14.0. The lowest BCUT2D eigenvalue weighted by molar-refractivity contribution is -0.142. The van der Waals surface area contributed by atoms with E-state index in [0.717, 1.165) is 10.9 Å². The second kappa shape index (κ2) is 14.9. The van der Waals surface area contributed by atoms with E-state index in [4.69, 9.17) is 11.5 Å². The Kier molecular flexibility index (Phi) is 11.3. The largest absolute Gasteiger partial charge is 0.480 e. The summed E-state index contributed by atoms with van der Waals surface area (Å²) < 4.78 is 0. The Hall–Kier alpha value is -4.37. The molecular formula is C26H34N8O6S. The third-order valence-electron chi connectivity index (χ3n) is 6.33. The van der Waals surface area contributed by atoms with E-state index in [1.54, 1.807) is 6.20 Å². The van der Waals surface area contributed by atoms with Crippen molar-refractivity contribution >= 4 is 52.3 Å². The van der Waals surface area contributed by atoms with Crippen LogP contribution in [0.4, 0.5) is 0 Å². The third-order valence-corrected chi connectivity index (χ3v) is 6.97. The number of aliphatic carboxylic acids is 1. The van der Waals surface area contributed by atoms with Gasteiger partial charge in [0.25, 0.3) is 0 Å². The first-order valence-electron chi connectivity index (χ1n) is 12.8. The van der Waals surface area contributed by atoms with Crippen LogP contribution in [0.2, 0.25) is 0 Å². The van der Waals surface area contributed by atoms with Gasteiger partial charge in [-0.2, -0.15) is 11.8 Å². The molecule has 3 aromatic rings. The Bertz CT molecular complexity index is 1360. The number of thioether (sulfide) groups is 1. The van der Waals surface area contributed by atoms with Gasteiger partial charge in [-0.3, -0.25) is 19.2 Å². The maximum Gasteiger partial charge on any atom is 0.326 e. The van der Waals surface area contributed by atoms with Gasteiger partial charge in [0, 0.05) is 41.8 Å². The molecule has 220 valence electrons. The van der Waals surface area contributed by atoms with Crippen LogP contribution in [0.3, 0.4) is 0 Å². The molecule has 0 bridgehead atoms. The van der Waals surface area contributed by atoms with Crippen LogP contribution in [-0.2, 0) is 36.8 Å². The maximum absolute atomic E-state index is 13.4. The van der Waals surface area contributed by atoms with Gasteiger partial charge < -0.3 is 42.5 Å². The monoisotopic (exact) mass is 586 g/mol. The van der Waals surface area contributed by atoms with Gasteiger partial charge in [0.2, 0.25) is 23.6 Å². The van der Waals surface area contributed by atoms with E-state index in [1.165, 1.54) is 24.3 Å². The number of primary amides is 1. The Balaban J connectivity index is 1.81. The zero-order valence-corrected chi connectivity index (χ0v) is 23.2. The van der Waals surface area contributed by atoms with E-state index in [2.05, 4.69) is 30.9 Å². The number of fused-ring (bicyclic) bond motifs is 1. The predicted molar refractivity (Wildman–Crippen MR) is 153 cm³/mol. The molecule has 41 heavy (non-hydrogen) atoms. The number of nitrogens with two attached hydrogens (primary N) is 2. The van der Waals surface area contributed by atoms with Gasteiger partial charge in [0.15, 0.2) is 0 Å². The molecule has 4 unspecified atom stereocenters. The number of para-hydroxylation sites is 1. The highest BCUT2D eigenvalue weighted by Gasteiger charge is 2.31. The molecule has 0 saturated heterocycles. The van der Waals surface area contributed by atoms with Crippen LogP contribution >= 0.6 is 11.8 Å². The molecule has 2 heterocycles. The lowest BCUT2D eigenvalue weighted by Gasteiger charge is -2.25. The number of benzene rings is 1. The molecule has 0 fully saturated rings. The standard InChI is InChI=1S/C26H34N8O6S/c1-41-7-6-19(26(39)40)32-24(37)20(8-14-11-30-18-5-3-2-4-16(14)18)34-25(38)21(10-22(28)35)33-23(36)17(27)9-15-12-29-13-31-15/h2-5,11-13,17,19-21,30H,6-10,27H2,1H3,(H2,28,35)(H,29,31)(H,32,37)(H,33,36)(H,34,38)(H,39,40). The van der Waals surface area contributed by atoms with Crippen LogP contribution in [0.1, 0.15) is 24.1 Å². The quantitative estimate of drug-likeness (QED) is 0.104. The molecule has 14 nitrogen and oxygen atoms in total. The highest BCUT2D eigenvalue weighted by molar-refractivity contribution is 7.98. The molecule has 0 spiro atoms. The van der Waals surface area contributed by atoms with Crippen molar-refractivity contribution in [3.63, 3.8) is 0 Å². The van der Waals surface area contributed by atoms with Gasteiger partial charge in [0.1, 0.15) is 18.1 Å². The number of aromatic nitrogens is 3. The van der Waals surface area contributed by atoms with Crippen molar-refractivity contribution in [3.8, 4) is 0 Å². The molecule has 3 rings (SSSR count). The number of nitrogens with zero attached hydrogens (tertiary/aromatic N) is 1. The molecule has 4 amide bonds. The first-order valence-corrected chi connectivity index (χ1v) is 14.2. The number of hydrogen-bond donors (Lipinski definition) is 8. The van der Waals surface area contributed by atoms with E-state index in [9.17, 15) is 29.1 Å². The summed E-state index contributed by atoms with van der Waals surface area (Å²) in [6.45, 7) is 0. The summed E-state index contributed by atoms with van der Waals surface area (Å²) >= 11 is 1.43. The molecule has 1 aromatic carbocycles. The van der Waals surface area contributed by atoms with Gasteiger partial charge >= 0.3 is 5.97 Å². The number of aromatic amines is 2. The van der Waals surface area contributed by atoms with Gasteiger partial charge in [0.05, 0.1) is 18.8 Å². The number of carbonyl (C=O) groups excluding carboxylic acids is 4. The molecule has 15 heteroatoms. The van der Waals surface area contributed by atoms with Crippen LogP contribution in [0.5, 0.6) is 0 Å². The van der Waals surface area contributed by atoms with Crippen molar-refractivity contribution < 1.29 is 29.1 Å². The summed E-state index contributed by atoms with van der Waals surface area (Å²) in [5, 5.41) is 17.9. The number of H-pyrrole nitrogens is 2. The van der Waals surface area contributed by atoms with Crippen molar-refractivity contribution in [2.75, 3.05) is 12.0 Å². The minimum absolute atomic E-state index is 0.00692. The third kappa shape index (κ3) is 9.08. The summed E-state index contributed by atoms with van der Waals surface area (Å²) in [6.07, 6.45) is 6.13. The fourth-order valence-corrected chi connectivity index (χ4v) is 4.65. The molecule has 0 aliphatic heterocycles. The second-order valence-corrected chi connectivity index (χ2v) is 10.4. The summed E-state index contributed by atoms with van der Waals surface area (Å²) in [4.78, 5) is 72.8. The highest BCUT2D eigenvalue weighted by Crippen LogP contribution is 2.19. The molecule has 2 aromatic heterocycles. The van der Waals surface area contributed by atoms with Crippen molar-refractivity contribution in [3.05, 3.63) is 54.2 Å². The SMILES string of the molecule is CSCCC(NC(=O)C(Cc1c[nH]c2ccccc12)NC(=O)C(CC(N)=O)NC(=O)C(N)Cc1cnc[nH]1)C(=O)O. The molecule has 0 aliphatic rings. The topological polar surface area (TPSA) is 238 Å². The molecule has 10 N–H and O–H groups in total. The number of nitrogens with one attached hydrogen (secondary N) is 5. The summed E-state index contributed by atoms with van der Waals surface area (Å²) in [6, 6.07) is 2.42. The minimum Gasteiger partial charge on any atom is -0.480 e. The molecule has 0 saturated carbocycles. The average molecular weight is 587 g/mol. The second-order valence-electron chi connectivity index (χ2n) is 9.42. The van der Waals surface area contributed by atoms with E-state index < -0.39 is 60.2 Å². The van der Waals surface area contributed by atoms with E-state index in [-0.39, 0.29) is 19.3 Å². The Morgan fingerprint density at radius 3 is 2.32 bits per heavy atom. The Morgan fingerprint density at radius 2 is 1.66 bits per heavy atom. The number of carboxylic acids is 1. The minimum atomic E-state index is -1.43. The van der Waals surface area contributed by atoms with E-state index in [1.807, 2.05) is 30.5 Å². The Morgan fingerprint density at radius 1 is 0.976 bits per heavy atom. The maximum atomic E-state index is 13.4. The fourth-order valence-electron chi connectivity index (χ4n) is 4.18. The van der Waals surface area contributed by atoms with Crippen molar-refractivity contribution in [1.29, 1.82) is 0 Å². The smallest absolute Gasteiger partial charge is 0.326 e. The summed E-state index contributed by atoms with van der Waals surface area (Å²) in [5.74, 6) is -3.91. The van der Waals surface area contributed by atoms with Crippen LogP contribution in [-0.4, -0.2) is 85.8 Å². The lowest BCUT2D eigenvalue weighted by Crippen LogP contribution is -2.58. The molecule has 0 aliphatic carbocycles. The van der Waals surface area contributed by atoms with E-state index in [0.29, 0.717) is 17.0 Å². The van der Waals surface area contributed by atoms with Gasteiger partial charge in [-0.25, -0.2) is 9.78 Å². The number of amides is 4. The number of rotatable bonds is 16. The van der Waals surface area contributed by atoms with Gasteiger partial charge in [-0.1, -0.05) is 18.2 Å².